The summed E-state index contributed by atoms with van der Waals surface area (Å²) in [5.41, 5.74) is 0.0279. The predicted molar refractivity (Wildman–Crippen MR) is 135 cm³/mol. The number of carbonyl (C=O) groups excluding carboxylic acids is 4. The molecule has 1 spiro atoms. The number of piperazine rings is 1. The molecular weight excluding hydrogens is 462 g/mol. The minimum absolute atomic E-state index is 0.0564. The highest BCUT2D eigenvalue weighted by molar-refractivity contribution is 6.00. The molecule has 10 nitrogen and oxygen atoms in total. The number of piperidine rings is 1. The summed E-state index contributed by atoms with van der Waals surface area (Å²) in [7, 11) is 3.42. The highest BCUT2D eigenvalue weighted by Gasteiger charge is 2.53. The summed E-state index contributed by atoms with van der Waals surface area (Å²) in [6.07, 6.45) is 3.00. The van der Waals surface area contributed by atoms with Crippen LogP contribution in [0.5, 0.6) is 0 Å². The third kappa shape index (κ3) is 6.47. The molecule has 1 aromatic rings. The van der Waals surface area contributed by atoms with E-state index < -0.39 is 17.7 Å². The number of benzene rings is 1. The van der Waals surface area contributed by atoms with Gasteiger partial charge in [-0.15, -0.1) is 0 Å². The quantitative estimate of drug-likeness (QED) is 0.505. The number of hydrogen-bond acceptors (Lipinski definition) is 5. The van der Waals surface area contributed by atoms with Crippen LogP contribution in [0.15, 0.2) is 30.3 Å². The lowest BCUT2D eigenvalue weighted by Gasteiger charge is -2.51. The van der Waals surface area contributed by atoms with Gasteiger partial charge in [0, 0.05) is 40.3 Å². The Hall–Kier alpha value is -3.30. The molecular formula is C26H39N5O5. The number of nitrogens with zero attached hydrogens (tertiary/aromatic N) is 3. The number of likely N-dealkylation sites (tertiary alicyclic amines) is 1. The number of carbonyl (C=O) groups is 4. The van der Waals surface area contributed by atoms with Crippen molar-refractivity contribution < 1.29 is 23.9 Å². The Morgan fingerprint density at radius 2 is 1.83 bits per heavy atom. The van der Waals surface area contributed by atoms with Gasteiger partial charge in [-0.1, -0.05) is 37.3 Å². The zero-order valence-corrected chi connectivity index (χ0v) is 21.6. The van der Waals surface area contributed by atoms with Crippen molar-refractivity contribution in [1.29, 1.82) is 0 Å². The van der Waals surface area contributed by atoms with Crippen LogP contribution in [0.25, 0.3) is 0 Å². The third-order valence-electron chi connectivity index (χ3n) is 6.90. The molecule has 5 amide bonds. The molecule has 2 N–H and O–H groups in total. The summed E-state index contributed by atoms with van der Waals surface area (Å²) in [5, 5.41) is 5.69. The topological polar surface area (TPSA) is 111 Å². The monoisotopic (exact) mass is 501 g/mol. The molecule has 0 aliphatic carbocycles. The predicted octanol–water partition coefficient (Wildman–Crippen LogP) is 2.34. The summed E-state index contributed by atoms with van der Waals surface area (Å²) >= 11 is 0. The Kier molecular flexibility index (Phi) is 9.55. The molecule has 198 valence electrons. The maximum absolute atomic E-state index is 13.4. The van der Waals surface area contributed by atoms with Crippen molar-refractivity contribution in [2.75, 3.05) is 40.3 Å². The lowest BCUT2D eigenvalue weighted by molar-refractivity contribution is -0.161. The molecule has 2 fully saturated rings. The molecule has 2 aliphatic rings. The van der Waals surface area contributed by atoms with Crippen molar-refractivity contribution >= 4 is 23.9 Å². The molecule has 0 bridgehead atoms. The van der Waals surface area contributed by atoms with Crippen LogP contribution in [0.3, 0.4) is 0 Å². The first-order valence-corrected chi connectivity index (χ1v) is 12.8. The van der Waals surface area contributed by atoms with Crippen LogP contribution in [0, 0.1) is 0 Å². The summed E-state index contributed by atoms with van der Waals surface area (Å²) in [6.45, 7) is 4.03. The van der Waals surface area contributed by atoms with Gasteiger partial charge in [0.05, 0.1) is 0 Å². The summed E-state index contributed by atoms with van der Waals surface area (Å²) in [4.78, 5) is 55.9. The summed E-state index contributed by atoms with van der Waals surface area (Å²) in [6, 6.07) is 8.82. The van der Waals surface area contributed by atoms with E-state index in [1.165, 1.54) is 4.90 Å². The third-order valence-corrected chi connectivity index (χ3v) is 6.90. The number of nitrogens with one attached hydrogen (secondary N) is 2. The molecule has 0 radical (unpaired) electrons. The number of rotatable bonds is 9. The van der Waals surface area contributed by atoms with E-state index in [9.17, 15) is 19.2 Å². The largest absolute Gasteiger partial charge is 0.445 e. The first-order chi connectivity index (χ1) is 17.3. The second-order valence-electron chi connectivity index (χ2n) is 9.70. The highest BCUT2D eigenvalue weighted by Crippen LogP contribution is 2.34. The van der Waals surface area contributed by atoms with Crippen LogP contribution in [-0.2, 0) is 20.9 Å². The molecule has 2 saturated heterocycles. The van der Waals surface area contributed by atoms with Gasteiger partial charge in [-0.3, -0.25) is 9.59 Å². The number of unbranched alkanes of at least 4 members (excludes halogenated alkanes) is 1. The normalized spacial score (nSPS) is 19.1. The van der Waals surface area contributed by atoms with Crippen LogP contribution in [0.4, 0.5) is 9.59 Å². The average molecular weight is 502 g/mol. The van der Waals surface area contributed by atoms with E-state index in [-0.39, 0.29) is 24.5 Å². The average Bonchev–Trinajstić information content (AvgIpc) is 2.88. The maximum atomic E-state index is 13.4. The highest BCUT2D eigenvalue weighted by atomic mass is 16.5. The van der Waals surface area contributed by atoms with Gasteiger partial charge in [0.25, 0.3) is 0 Å². The van der Waals surface area contributed by atoms with E-state index in [0.717, 1.165) is 12.0 Å². The number of alkyl carbamates (subject to hydrolysis) is 1. The van der Waals surface area contributed by atoms with Crippen LogP contribution in [0.2, 0.25) is 0 Å². The Balaban J connectivity index is 1.46. The lowest BCUT2D eigenvalue weighted by atomic mass is 9.81. The van der Waals surface area contributed by atoms with E-state index in [1.54, 1.807) is 23.9 Å². The fraction of sp³-hybridized carbons (Fsp3) is 0.615. The number of amides is 5. The van der Waals surface area contributed by atoms with Gasteiger partial charge in [0.15, 0.2) is 0 Å². The Morgan fingerprint density at radius 3 is 2.47 bits per heavy atom. The summed E-state index contributed by atoms with van der Waals surface area (Å²) < 4.78 is 5.20. The Labute approximate surface area is 213 Å². The lowest BCUT2D eigenvalue weighted by Crippen LogP contribution is -2.73. The Bertz CT molecular complexity index is 915. The van der Waals surface area contributed by atoms with Crippen molar-refractivity contribution in [3.63, 3.8) is 0 Å². The first-order valence-electron chi connectivity index (χ1n) is 12.8. The van der Waals surface area contributed by atoms with Gasteiger partial charge in [-0.05, 0) is 44.1 Å². The first kappa shape index (κ1) is 27.3. The molecule has 36 heavy (non-hydrogen) atoms. The van der Waals surface area contributed by atoms with E-state index >= 15 is 0 Å². The maximum Gasteiger partial charge on any atom is 0.407 e. The van der Waals surface area contributed by atoms with Gasteiger partial charge in [0.1, 0.15) is 18.2 Å². The zero-order chi connectivity index (χ0) is 26.1. The van der Waals surface area contributed by atoms with Crippen molar-refractivity contribution in [3.05, 3.63) is 35.9 Å². The van der Waals surface area contributed by atoms with Gasteiger partial charge in [-0.25, -0.2) is 9.59 Å². The molecule has 2 aliphatic heterocycles. The Morgan fingerprint density at radius 1 is 1.14 bits per heavy atom. The number of urea groups is 1. The van der Waals surface area contributed by atoms with Crippen molar-refractivity contribution in [2.45, 2.75) is 63.6 Å². The number of hydrogen-bond donors (Lipinski definition) is 2. The van der Waals surface area contributed by atoms with E-state index in [4.69, 9.17) is 4.74 Å². The van der Waals surface area contributed by atoms with Crippen LogP contribution in [-0.4, -0.2) is 90.5 Å². The van der Waals surface area contributed by atoms with Crippen LogP contribution in [0.1, 0.15) is 51.0 Å². The standard InChI is InChI=1S/C26H39N5O5/c1-4-16-31-22(32)21(12-8-9-15-27-24(34)36-19-20-10-6-5-7-11-20)28-23(33)26(31)13-17-30(18-14-26)25(35)29(2)3/h5-7,10-11,21H,4,8-9,12-19H2,1-3H3,(H,27,34)(H,28,33)/t21-/m0/s1. The van der Waals surface area contributed by atoms with Gasteiger partial charge >= 0.3 is 12.1 Å². The molecule has 0 unspecified atom stereocenters. The molecule has 1 aromatic carbocycles. The molecule has 0 saturated carbocycles. The van der Waals surface area contributed by atoms with E-state index in [2.05, 4.69) is 10.6 Å². The van der Waals surface area contributed by atoms with E-state index in [1.807, 2.05) is 37.3 Å². The molecule has 3 rings (SSSR count). The zero-order valence-electron chi connectivity index (χ0n) is 21.6. The smallest absolute Gasteiger partial charge is 0.407 e. The van der Waals surface area contributed by atoms with Crippen LogP contribution >= 0.6 is 0 Å². The molecule has 0 aromatic heterocycles. The second-order valence-corrected chi connectivity index (χ2v) is 9.70. The van der Waals surface area contributed by atoms with E-state index in [0.29, 0.717) is 58.3 Å². The summed E-state index contributed by atoms with van der Waals surface area (Å²) in [5.74, 6) is -0.181. The molecule has 1 atom stereocenters. The second kappa shape index (κ2) is 12.6. The SMILES string of the molecule is CCCN1C(=O)[C@H](CCCCNC(=O)OCc2ccccc2)NC(=O)C12CCN(C(=O)N(C)C)CC2. The van der Waals surface area contributed by atoms with Crippen LogP contribution < -0.4 is 10.6 Å². The van der Waals surface area contributed by atoms with Crippen molar-refractivity contribution in [2.24, 2.45) is 0 Å². The van der Waals surface area contributed by atoms with Gasteiger partial charge in [-0.2, -0.15) is 0 Å². The van der Waals surface area contributed by atoms with Gasteiger partial charge in [0.2, 0.25) is 11.8 Å². The number of ether oxygens (including phenoxy) is 1. The van der Waals surface area contributed by atoms with Gasteiger partial charge < -0.3 is 30.1 Å². The fourth-order valence-electron chi connectivity index (χ4n) is 4.91. The minimum Gasteiger partial charge on any atom is -0.445 e. The molecule has 2 heterocycles. The molecule has 10 heteroatoms. The van der Waals surface area contributed by atoms with Crippen molar-refractivity contribution in [3.8, 4) is 0 Å². The fourth-order valence-corrected chi connectivity index (χ4v) is 4.91. The van der Waals surface area contributed by atoms with Crippen molar-refractivity contribution in [1.82, 2.24) is 25.3 Å². The minimum atomic E-state index is -0.892.